The van der Waals surface area contributed by atoms with Crippen LogP contribution < -0.4 is 5.32 Å². The molecule has 0 aliphatic rings. The molecule has 112 valence electrons. The average molecular weight is 304 g/mol. The van der Waals surface area contributed by atoms with Crippen molar-refractivity contribution >= 4 is 17.7 Å². The molecule has 0 fully saturated rings. The maximum absolute atomic E-state index is 12.4. The number of pyridine rings is 1. The number of carbonyl (C=O) groups is 1. The van der Waals surface area contributed by atoms with Gasteiger partial charge in [0.1, 0.15) is 5.76 Å². The summed E-state index contributed by atoms with van der Waals surface area (Å²) in [5.41, 5.74) is 0.998. The average Bonchev–Trinajstić information content (AvgIpc) is 2.88. The van der Waals surface area contributed by atoms with Crippen LogP contribution in [0.25, 0.3) is 0 Å². The lowest BCUT2D eigenvalue weighted by molar-refractivity contribution is -0.121. The van der Waals surface area contributed by atoms with Gasteiger partial charge in [-0.15, -0.1) is 11.8 Å². The van der Waals surface area contributed by atoms with Crippen molar-refractivity contribution in [2.24, 2.45) is 5.92 Å². The van der Waals surface area contributed by atoms with E-state index in [4.69, 9.17) is 4.42 Å². The number of hydrogen-bond acceptors (Lipinski definition) is 4. The Bertz CT molecular complexity index is 581. The third kappa shape index (κ3) is 4.36. The maximum Gasteiger partial charge on any atom is 0.234 e. The Labute approximate surface area is 129 Å². The van der Waals surface area contributed by atoms with Crippen LogP contribution in [-0.2, 0) is 11.3 Å². The third-order valence-corrected chi connectivity index (χ3v) is 4.81. The Hall–Kier alpha value is -1.75. The zero-order valence-electron chi connectivity index (χ0n) is 12.5. The van der Waals surface area contributed by atoms with Crippen molar-refractivity contribution in [2.75, 3.05) is 0 Å². The van der Waals surface area contributed by atoms with Gasteiger partial charge in [-0.2, -0.15) is 0 Å². The summed E-state index contributed by atoms with van der Waals surface area (Å²) in [7, 11) is 0. The standard InChI is InChI=1S/C16H20N2O2S/c1-11(2)15(21-14-6-8-20-12(14)3)16(19)18-10-13-5-4-7-17-9-13/h4-9,11,15H,10H2,1-3H3,(H,18,19). The summed E-state index contributed by atoms with van der Waals surface area (Å²) in [6, 6.07) is 5.72. The molecule has 1 N–H and O–H groups in total. The second kappa shape index (κ2) is 7.31. The first-order chi connectivity index (χ1) is 10.1. The van der Waals surface area contributed by atoms with Gasteiger partial charge in [0.15, 0.2) is 0 Å². The molecule has 0 radical (unpaired) electrons. The quantitative estimate of drug-likeness (QED) is 0.831. The number of hydrogen-bond donors (Lipinski definition) is 1. The van der Waals surface area contributed by atoms with E-state index in [0.29, 0.717) is 6.54 Å². The van der Waals surface area contributed by atoms with Crippen LogP contribution in [0.4, 0.5) is 0 Å². The van der Waals surface area contributed by atoms with Gasteiger partial charge < -0.3 is 9.73 Å². The molecule has 2 heterocycles. The summed E-state index contributed by atoms with van der Waals surface area (Å²) in [5, 5.41) is 2.84. The molecule has 0 bridgehead atoms. The molecule has 1 unspecified atom stereocenters. The van der Waals surface area contributed by atoms with Crippen molar-refractivity contribution in [3.63, 3.8) is 0 Å². The van der Waals surface area contributed by atoms with Gasteiger partial charge >= 0.3 is 0 Å². The minimum Gasteiger partial charge on any atom is -0.468 e. The van der Waals surface area contributed by atoms with Gasteiger partial charge in [-0.3, -0.25) is 9.78 Å². The van der Waals surface area contributed by atoms with Crippen molar-refractivity contribution in [3.8, 4) is 0 Å². The third-order valence-electron chi connectivity index (χ3n) is 3.12. The fourth-order valence-corrected chi connectivity index (χ4v) is 3.00. The Morgan fingerprint density at radius 3 is 2.81 bits per heavy atom. The highest BCUT2D eigenvalue weighted by Gasteiger charge is 2.24. The number of thioether (sulfide) groups is 1. The summed E-state index contributed by atoms with van der Waals surface area (Å²) in [6.07, 6.45) is 5.14. The first-order valence-electron chi connectivity index (χ1n) is 6.95. The summed E-state index contributed by atoms with van der Waals surface area (Å²) in [6.45, 7) is 6.52. The van der Waals surface area contributed by atoms with Crippen LogP contribution in [0.5, 0.6) is 0 Å². The lowest BCUT2D eigenvalue weighted by Crippen LogP contribution is -2.35. The van der Waals surface area contributed by atoms with E-state index in [-0.39, 0.29) is 17.1 Å². The molecule has 0 saturated carbocycles. The van der Waals surface area contributed by atoms with Gasteiger partial charge in [-0.25, -0.2) is 0 Å². The highest BCUT2D eigenvalue weighted by Crippen LogP contribution is 2.31. The minimum absolute atomic E-state index is 0.0412. The number of aromatic nitrogens is 1. The van der Waals surface area contributed by atoms with Gasteiger partial charge in [0, 0.05) is 23.8 Å². The van der Waals surface area contributed by atoms with E-state index in [2.05, 4.69) is 24.1 Å². The number of nitrogens with zero attached hydrogens (tertiary/aromatic N) is 1. The van der Waals surface area contributed by atoms with Crippen molar-refractivity contribution in [2.45, 2.75) is 37.5 Å². The zero-order chi connectivity index (χ0) is 15.2. The maximum atomic E-state index is 12.4. The van der Waals surface area contributed by atoms with E-state index in [1.165, 1.54) is 0 Å². The molecule has 21 heavy (non-hydrogen) atoms. The molecule has 5 heteroatoms. The second-order valence-corrected chi connectivity index (χ2v) is 6.39. The molecular weight excluding hydrogens is 284 g/mol. The van der Waals surface area contributed by atoms with Crippen LogP contribution in [0.1, 0.15) is 25.2 Å². The van der Waals surface area contributed by atoms with E-state index in [9.17, 15) is 4.79 Å². The normalized spacial score (nSPS) is 12.4. The second-order valence-electron chi connectivity index (χ2n) is 5.20. The van der Waals surface area contributed by atoms with Crippen molar-refractivity contribution < 1.29 is 9.21 Å². The Morgan fingerprint density at radius 1 is 1.43 bits per heavy atom. The van der Waals surface area contributed by atoms with E-state index in [1.54, 1.807) is 30.4 Å². The van der Waals surface area contributed by atoms with E-state index >= 15 is 0 Å². The highest BCUT2D eigenvalue weighted by molar-refractivity contribution is 8.00. The summed E-state index contributed by atoms with van der Waals surface area (Å²) < 4.78 is 5.29. The molecule has 1 atom stereocenters. The molecule has 0 aromatic carbocycles. The molecule has 0 aliphatic carbocycles. The molecule has 2 aromatic rings. The summed E-state index contributed by atoms with van der Waals surface area (Å²) >= 11 is 1.55. The van der Waals surface area contributed by atoms with Crippen LogP contribution >= 0.6 is 11.8 Å². The van der Waals surface area contributed by atoms with E-state index in [0.717, 1.165) is 16.2 Å². The predicted octanol–water partition coefficient (Wildman–Crippen LogP) is 3.42. The van der Waals surface area contributed by atoms with Gasteiger partial charge in [-0.1, -0.05) is 19.9 Å². The zero-order valence-corrected chi connectivity index (χ0v) is 13.3. The predicted molar refractivity (Wildman–Crippen MR) is 84.0 cm³/mol. The lowest BCUT2D eigenvalue weighted by Gasteiger charge is -2.19. The fraction of sp³-hybridized carbons (Fsp3) is 0.375. The molecular formula is C16H20N2O2S. The Kier molecular flexibility index (Phi) is 5.44. The van der Waals surface area contributed by atoms with Crippen LogP contribution in [0.2, 0.25) is 0 Å². The summed E-state index contributed by atoms with van der Waals surface area (Å²) in [4.78, 5) is 17.5. The lowest BCUT2D eigenvalue weighted by atomic mass is 10.1. The van der Waals surface area contributed by atoms with Gasteiger partial charge in [0.25, 0.3) is 0 Å². The molecule has 2 rings (SSSR count). The van der Waals surface area contributed by atoms with Crippen LogP contribution in [0.3, 0.4) is 0 Å². The Morgan fingerprint density at radius 2 is 2.24 bits per heavy atom. The molecule has 0 aliphatic heterocycles. The monoisotopic (exact) mass is 304 g/mol. The largest absolute Gasteiger partial charge is 0.468 e. The van der Waals surface area contributed by atoms with Gasteiger partial charge in [0.2, 0.25) is 5.91 Å². The number of amides is 1. The van der Waals surface area contributed by atoms with Gasteiger partial charge in [-0.05, 0) is 30.5 Å². The van der Waals surface area contributed by atoms with Crippen molar-refractivity contribution in [1.29, 1.82) is 0 Å². The first-order valence-corrected chi connectivity index (χ1v) is 7.83. The minimum atomic E-state index is -0.141. The number of aryl methyl sites for hydroxylation is 1. The molecule has 4 nitrogen and oxygen atoms in total. The molecule has 0 spiro atoms. The van der Waals surface area contributed by atoms with Crippen LogP contribution in [0, 0.1) is 12.8 Å². The van der Waals surface area contributed by atoms with E-state index < -0.39 is 0 Å². The SMILES string of the molecule is Cc1occc1SC(C(=O)NCc1cccnc1)C(C)C. The van der Waals surface area contributed by atoms with Crippen LogP contribution in [0.15, 0.2) is 46.2 Å². The smallest absolute Gasteiger partial charge is 0.234 e. The first kappa shape index (κ1) is 15.6. The topological polar surface area (TPSA) is 55.1 Å². The molecule has 1 amide bonds. The van der Waals surface area contributed by atoms with Crippen LogP contribution in [-0.4, -0.2) is 16.1 Å². The van der Waals surface area contributed by atoms with Crippen molar-refractivity contribution in [3.05, 3.63) is 48.2 Å². The summed E-state index contributed by atoms with van der Waals surface area (Å²) in [5.74, 6) is 1.13. The Balaban J connectivity index is 1.98. The van der Waals surface area contributed by atoms with E-state index in [1.807, 2.05) is 25.1 Å². The molecule has 0 saturated heterocycles. The highest BCUT2D eigenvalue weighted by atomic mass is 32.2. The number of rotatable bonds is 6. The van der Waals surface area contributed by atoms with Crippen molar-refractivity contribution in [1.82, 2.24) is 10.3 Å². The number of furan rings is 1. The molecule has 2 aromatic heterocycles. The number of carbonyl (C=O) groups excluding carboxylic acids is 1. The number of nitrogens with one attached hydrogen (secondary N) is 1. The van der Waals surface area contributed by atoms with Gasteiger partial charge in [0.05, 0.1) is 11.5 Å². The fourth-order valence-electron chi connectivity index (χ4n) is 1.92.